The van der Waals surface area contributed by atoms with Crippen LogP contribution in [0.15, 0.2) is 78.9 Å². The van der Waals surface area contributed by atoms with E-state index in [1.54, 1.807) is 0 Å². The van der Waals surface area contributed by atoms with Gasteiger partial charge in [0, 0.05) is 24.3 Å². The Morgan fingerprint density at radius 3 is 2.15 bits per heavy atom. The van der Waals surface area contributed by atoms with Gasteiger partial charge in [-0.15, -0.1) is 0 Å². The first-order chi connectivity index (χ1) is 13.2. The largest absolute Gasteiger partial charge is 0.378 e. The van der Waals surface area contributed by atoms with Crippen molar-refractivity contribution in [2.75, 3.05) is 5.32 Å². The van der Waals surface area contributed by atoms with Crippen LogP contribution in [0.2, 0.25) is 0 Å². The lowest BCUT2D eigenvalue weighted by molar-refractivity contribution is -0.132. The number of aliphatic hydroxyl groups is 1. The van der Waals surface area contributed by atoms with Crippen LogP contribution in [0.3, 0.4) is 0 Å². The number of para-hydroxylation sites is 1. The van der Waals surface area contributed by atoms with Crippen LogP contribution in [0.1, 0.15) is 22.3 Å². The average Bonchev–Trinajstić information content (AvgIpc) is 3.12. The Balaban J connectivity index is 1.67. The van der Waals surface area contributed by atoms with Crippen LogP contribution >= 0.6 is 0 Å². The van der Waals surface area contributed by atoms with Crippen molar-refractivity contribution in [1.82, 2.24) is 4.90 Å². The fraction of sp³-hybridized carbons (Fsp3) is 0.174. The summed E-state index contributed by atoms with van der Waals surface area (Å²) in [4.78, 5) is 15.2. The average molecular weight is 356 g/mol. The molecule has 0 aliphatic carbocycles. The highest BCUT2D eigenvalue weighted by Crippen LogP contribution is 2.44. The van der Waals surface area contributed by atoms with Crippen molar-refractivity contribution in [3.63, 3.8) is 0 Å². The van der Waals surface area contributed by atoms with E-state index in [4.69, 9.17) is 0 Å². The first kappa shape index (κ1) is 16.2. The van der Waals surface area contributed by atoms with Gasteiger partial charge in [0.2, 0.25) is 5.91 Å². The molecule has 2 atom stereocenters. The van der Waals surface area contributed by atoms with E-state index in [1.165, 1.54) is 11.1 Å². The van der Waals surface area contributed by atoms with Crippen molar-refractivity contribution in [2.24, 2.45) is 0 Å². The van der Waals surface area contributed by atoms with Gasteiger partial charge in [0.05, 0.1) is 0 Å². The molecule has 134 valence electrons. The number of hydrogen-bond donors (Lipinski definition) is 2. The minimum Gasteiger partial charge on any atom is -0.378 e. The molecule has 27 heavy (non-hydrogen) atoms. The third kappa shape index (κ3) is 2.41. The Labute approximate surface area is 158 Å². The molecule has 0 aromatic heterocycles. The van der Waals surface area contributed by atoms with Crippen molar-refractivity contribution in [3.05, 3.63) is 101 Å². The van der Waals surface area contributed by atoms with Crippen LogP contribution in [-0.2, 0) is 23.5 Å². The second kappa shape index (κ2) is 6.05. The van der Waals surface area contributed by atoms with E-state index in [0.717, 1.165) is 11.1 Å². The molecule has 2 heterocycles. The second-order valence-electron chi connectivity index (χ2n) is 7.24. The van der Waals surface area contributed by atoms with Gasteiger partial charge in [-0.1, -0.05) is 72.8 Å². The van der Waals surface area contributed by atoms with E-state index >= 15 is 0 Å². The summed E-state index contributed by atoms with van der Waals surface area (Å²) >= 11 is 0. The Morgan fingerprint density at radius 2 is 1.44 bits per heavy atom. The number of fused-ring (bicyclic) bond motifs is 2. The number of anilines is 1. The second-order valence-corrected chi connectivity index (χ2v) is 7.24. The van der Waals surface area contributed by atoms with E-state index in [-0.39, 0.29) is 5.91 Å². The Kier molecular flexibility index (Phi) is 3.64. The summed E-state index contributed by atoms with van der Waals surface area (Å²) in [7, 11) is 0. The highest BCUT2D eigenvalue weighted by molar-refractivity contribution is 6.00. The van der Waals surface area contributed by atoms with Crippen LogP contribution in [0.5, 0.6) is 0 Å². The van der Waals surface area contributed by atoms with Gasteiger partial charge >= 0.3 is 0 Å². The summed E-state index contributed by atoms with van der Waals surface area (Å²) in [6, 6.07) is 24.5. The SMILES string of the molecule is O=C1Nc2ccccc2[C@](O)(c2ccccc2)[C@H]1N1Cc2ccccc2C1. The monoisotopic (exact) mass is 356 g/mol. The third-order valence-electron chi connectivity index (χ3n) is 5.68. The number of nitrogens with zero attached hydrogens (tertiary/aromatic N) is 1. The summed E-state index contributed by atoms with van der Waals surface area (Å²) in [5.41, 5.74) is 3.13. The van der Waals surface area contributed by atoms with Crippen LogP contribution in [0, 0.1) is 0 Å². The van der Waals surface area contributed by atoms with Crippen LogP contribution in [0.25, 0.3) is 0 Å². The maximum atomic E-state index is 13.2. The third-order valence-corrected chi connectivity index (χ3v) is 5.68. The lowest BCUT2D eigenvalue weighted by atomic mass is 9.76. The zero-order valence-electron chi connectivity index (χ0n) is 14.8. The van der Waals surface area contributed by atoms with Crippen LogP contribution in [0.4, 0.5) is 5.69 Å². The van der Waals surface area contributed by atoms with Crippen LogP contribution < -0.4 is 5.32 Å². The minimum absolute atomic E-state index is 0.173. The molecule has 2 aliphatic rings. The summed E-state index contributed by atoms with van der Waals surface area (Å²) in [5.74, 6) is -0.173. The number of carbonyl (C=O) groups excluding carboxylic acids is 1. The first-order valence-electron chi connectivity index (χ1n) is 9.17. The van der Waals surface area contributed by atoms with Gasteiger partial charge in [0.25, 0.3) is 0 Å². The number of rotatable bonds is 2. The van der Waals surface area contributed by atoms with Gasteiger partial charge in [-0.3, -0.25) is 9.69 Å². The van der Waals surface area contributed by atoms with Crippen molar-refractivity contribution in [1.29, 1.82) is 0 Å². The van der Waals surface area contributed by atoms with Gasteiger partial charge < -0.3 is 10.4 Å². The van der Waals surface area contributed by atoms with E-state index in [1.807, 2.05) is 66.7 Å². The molecule has 0 spiro atoms. The first-order valence-corrected chi connectivity index (χ1v) is 9.17. The number of benzene rings is 3. The van der Waals surface area contributed by atoms with E-state index in [2.05, 4.69) is 22.3 Å². The molecule has 0 saturated carbocycles. The number of hydrogen-bond acceptors (Lipinski definition) is 3. The zero-order valence-corrected chi connectivity index (χ0v) is 14.8. The number of nitrogens with one attached hydrogen (secondary N) is 1. The molecule has 3 aromatic rings. The molecular weight excluding hydrogens is 336 g/mol. The minimum atomic E-state index is -1.41. The number of amides is 1. The zero-order chi connectivity index (χ0) is 18.4. The molecule has 4 nitrogen and oxygen atoms in total. The fourth-order valence-corrected chi connectivity index (χ4v) is 4.44. The maximum Gasteiger partial charge on any atom is 0.245 e. The molecule has 0 fully saturated rings. The van der Waals surface area contributed by atoms with Gasteiger partial charge in [0.1, 0.15) is 11.6 Å². The normalized spacial score (nSPS) is 24.2. The summed E-state index contributed by atoms with van der Waals surface area (Å²) in [5, 5.41) is 15.1. The van der Waals surface area contributed by atoms with Crippen molar-refractivity contribution in [3.8, 4) is 0 Å². The fourth-order valence-electron chi connectivity index (χ4n) is 4.44. The molecule has 2 N–H and O–H groups in total. The predicted molar refractivity (Wildman–Crippen MR) is 104 cm³/mol. The van der Waals surface area contributed by atoms with E-state index in [0.29, 0.717) is 18.8 Å². The maximum absolute atomic E-state index is 13.2. The molecule has 0 saturated heterocycles. The smallest absolute Gasteiger partial charge is 0.245 e. The highest BCUT2D eigenvalue weighted by atomic mass is 16.3. The summed E-state index contributed by atoms with van der Waals surface area (Å²) < 4.78 is 0. The molecule has 0 bridgehead atoms. The molecule has 1 amide bonds. The highest BCUT2D eigenvalue weighted by Gasteiger charge is 2.52. The molecule has 3 aromatic carbocycles. The quantitative estimate of drug-likeness (QED) is 0.741. The molecular formula is C23H20N2O2. The van der Waals surface area contributed by atoms with Gasteiger partial charge in [0.15, 0.2) is 0 Å². The molecule has 2 aliphatic heterocycles. The van der Waals surface area contributed by atoms with Gasteiger partial charge in [-0.05, 0) is 22.8 Å². The summed E-state index contributed by atoms with van der Waals surface area (Å²) in [6.45, 7) is 1.29. The standard InChI is InChI=1S/C23H20N2O2/c26-22-21(25-14-16-8-4-5-9-17(16)15-25)23(27,18-10-2-1-3-11-18)19-12-6-7-13-20(19)24-22/h1-13,21,27H,14-15H2,(H,24,26)/t21-,23+/m0/s1. The van der Waals surface area contributed by atoms with Crippen molar-refractivity contribution in [2.45, 2.75) is 24.7 Å². The summed E-state index contributed by atoms with van der Waals surface area (Å²) in [6.07, 6.45) is 0. The van der Waals surface area contributed by atoms with Gasteiger partial charge in [-0.2, -0.15) is 0 Å². The number of carbonyl (C=O) groups is 1. The lowest BCUT2D eigenvalue weighted by Crippen LogP contribution is -2.58. The van der Waals surface area contributed by atoms with Crippen molar-refractivity contribution < 1.29 is 9.90 Å². The Bertz CT molecular complexity index is 993. The molecule has 4 heteroatoms. The predicted octanol–water partition coefficient (Wildman–Crippen LogP) is 3.26. The molecule has 5 rings (SSSR count). The molecule has 0 unspecified atom stereocenters. The van der Waals surface area contributed by atoms with Crippen LogP contribution in [-0.4, -0.2) is 22.0 Å². The topological polar surface area (TPSA) is 52.6 Å². The van der Waals surface area contributed by atoms with E-state index < -0.39 is 11.6 Å². The Hall–Kier alpha value is -2.95. The lowest BCUT2D eigenvalue weighted by Gasteiger charge is -2.44. The molecule has 0 radical (unpaired) electrons. The van der Waals surface area contributed by atoms with Gasteiger partial charge in [-0.25, -0.2) is 0 Å². The van der Waals surface area contributed by atoms with Crippen molar-refractivity contribution >= 4 is 11.6 Å². The van der Waals surface area contributed by atoms with E-state index in [9.17, 15) is 9.90 Å². The Morgan fingerprint density at radius 1 is 0.852 bits per heavy atom.